The minimum Gasteiger partial charge on any atom is -0.744 e. The molecule has 11 nitrogen and oxygen atoms in total. The van der Waals surface area contributed by atoms with Gasteiger partial charge in [0.05, 0.1) is 16.0 Å². The first-order valence-electron chi connectivity index (χ1n) is 14.7. The molecule has 0 aliphatic rings. The molecule has 1 amide bonds. The van der Waals surface area contributed by atoms with Crippen LogP contribution in [0.1, 0.15) is 31.8 Å². The smallest absolute Gasteiger partial charge is 0.744 e. The Bertz CT molecular complexity index is 2380. The van der Waals surface area contributed by atoms with Crippen LogP contribution in [0.15, 0.2) is 136 Å². The van der Waals surface area contributed by atoms with Crippen LogP contribution in [0.5, 0.6) is 23.0 Å². The van der Waals surface area contributed by atoms with Gasteiger partial charge >= 0.3 is 29.6 Å². The Hall–Kier alpha value is -5.37. The summed E-state index contributed by atoms with van der Waals surface area (Å²) in [5, 5.41) is 33.4. The Balaban J connectivity index is 0.00000486. The summed E-state index contributed by atoms with van der Waals surface area (Å²) < 4.78 is 41.3. The summed E-state index contributed by atoms with van der Waals surface area (Å²) in [7, 11) is -4.87. The second-order valence-electron chi connectivity index (χ2n) is 10.9. The van der Waals surface area contributed by atoms with Gasteiger partial charge in [-0.3, -0.25) is 9.59 Å². The van der Waals surface area contributed by atoms with Crippen molar-refractivity contribution >= 4 is 49.6 Å². The number of aromatic hydroxyl groups is 2. The van der Waals surface area contributed by atoms with Crippen LogP contribution in [-0.2, 0) is 10.1 Å². The number of anilines is 1. The zero-order chi connectivity index (χ0) is 34.7. The van der Waals surface area contributed by atoms with E-state index in [1.165, 1.54) is 30.3 Å². The number of rotatable bonds is 9. The summed E-state index contributed by atoms with van der Waals surface area (Å²) in [6.07, 6.45) is 0. The molecule has 50 heavy (non-hydrogen) atoms. The maximum atomic E-state index is 13.4. The normalized spacial score (nSPS) is 11.2. The van der Waals surface area contributed by atoms with Gasteiger partial charge < -0.3 is 24.8 Å². The number of fused-ring (bicyclic) bond motifs is 1. The molecule has 244 valence electrons. The number of nitrogens with one attached hydrogen (secondary N) is 1. The molecular formula is C37H26N3NaO8S. The van der Waals surface area contributed by atoms with Crippen molar-refractivity contribution in [3.63, 3.8) is 0 Å². The first kappa shape index (κ1) is 35.9. The van der Waals surface area contributed by atoms with Gasteiger partial charge in [-0.2, -0.15) is 0 Å². The quantitative estimate of drug-likeness (QED) is 0.0804. The van der Waals surface area contributed by atoms with Gasteiger partial charge in [0.2, 0.25) is 0 Å². The number of benzene rings is 6. The second-order valence-corrected chi connectivity index (χ2v) is 12.3. The molecular weight excluding hydrogens is 669 g/mol. The van der Waals surface area contributed by atoms with E-state index in [1.807, 2.05) is 0 Å². The molecule has 0 aliphatic carbocycles. The van der Waals surface area contributed by atoms with Crippen molar-refractivity contribution in [2.45, 2.75) is 11.8 Å². The van der Waals surface area contributed by atoms with Crippen molar-refractivity contribution < 1.29 is 67.1 Å². The predicted molar refractivity (Wildman–Crippen MR) is 181 cm³/mol. The molecule has 0 aromatic heterocycles. The molecule has 0 heterocycles. The Morgan fingerprint density at radius 2 is 1.44 bits per heavy atom. The topological polar surface area (TPSA) is 178 Å². The Morgan fingerprint density at radius 1 is 0.760 bits per heavy atom. The van der Waals surface area contributed by atoms with E-state index < -0.39 is 26.7 Å². The number of carbonyl (C=O) groups excluding carboxylic acids is 2. The van der Waals surface area contributed by atoms with Gasteiger partial charge in [0.1, 0.15) is 38.7 Å². The van der Waals surface area contributed by atoms with Gasteiger partial charge in [-0.1, -0.05) is 60.7 Å². The molecule has 13 heteroatoms. The third-order valence-corrected chi connectivity index (χ3v) is 8.35. The zero-order valence-electron chi connectivity index (χ0n) is 26.7. The number of amides is 1. The minimum atomic E-state index is -4.87. The number of azo groups is 1. The molecule has 0 aliphatic heterocycles. The molecule has 3 N–H and O–H groups in total. The standard InChI is InChI=1S/C37H27N3O8S.Na/c1-22-11-18-31(33(19-22)49(45,46)47)39-40-34-28-10-6-5-9-24(28)20-30(36(34)43)37(44)38-25-12-14-26(15-13-25)48-27-16-17-29(32(41)21-27)35(42)23-7-3-2-4-8-23;/h2-21,41,43H,1H3,(H,38,44)(H,45,46,47);/q;+1/p-1. The Morgan fingerprint density at radius 3 is 2.14 bits per heavy atom. The van der Waals surface area contributed by atoms with Crippen LogP contribution in [0.2, 0.25) is 0 Å². The SMILES string of the molecule is Cc1ccc(N=Nc2c(O)c(C(=O)Nc3ccc(Oc4ccc(C(=O)c5ccccc5)c(O)c4)cc3)cc3ccccc23)c(S(=O)(=O)[O-])c1.[Na+]. The van der Waals surface area contributed by atoms with E-state index in [9.17, 15) is 32.8 Å². The van der Waals surface area contributed by atoms with Crippen molar-refractivity contribution in [1.29, 1.82) is 0 Å². The fraction of sp³-hybridized carbons (Fsp3) is 0.0270. The van der Waals surface area contributed by atoms with Gasteiger partial charge in [0.15, 0.2) is 11.5 Å². The van der Waals surface area contributed by atoms with Crippen LogP contribution < -0.4 is 39.6 Å². The van der Waals surface area contributed by atoms with Crippen LogP contribution in [-0.4, -0.2) is 34.9 Å². The van der Waals surface area contributed by atoms with E-state index in [1.54, 1.807) is 97.9 Å². The number of carbonyl (C=O) groups is 2. The number of nitrogens with zero attached hydrogens (tertiary/aromatic N) is 2. The first-order valence-corrected chi connectivity index (χ1v) is 16.1. The summed E-state index contributed by atoms with van der Waals surface area (Å²) in [5.41, 5.74) is 1.03. The number of hydrogen-bond acceptors (Lipinski definition) is 10. The van der Waals surface area contributed by atoms with Crippen molar-refractivity contribution in [2.24, 2.45) is 10.2 Å². The van der Waals surface area contributed by atoms with E-state index in [-0.39, 0.29) is 69.3 Å². The summed E-state index contributed by atoms with van der Waals surface area (Å²) in [5.74, 6) is -1.08. The molecule has 0 fully saturated rings. The van der Waals surface area contributed by atoms with Crippen molar-refractivity contribution in [2.75, 3.05) is 5.32 Å². The predicted octanol–water partition coefficient (Wildman–Crippen LogP) is 5.16. The second kappa shape index (κ2) is 15.0. The minimum absolute atomic E-state index is 0. The van der Waals surface area contributed by atoms with Crippen LogP contribution >= 0.6 is 0 Å². The van der Waals surface area contributed by atoms with Gasteiger partial charge in [0, 0.05) is 22.7 Å². The number of phenols is 2. The summed E-state index contributed by atoms with van der Waals surface area (Å²) in [6.45, 7) is 1.62. The van der Waals surface area contributed by atoms with E-state index in [2.05, 4.69) is 15.5 Å². The molecule has 0 spiro atoms. The van der Waals surface area contributed by atoms with Gasteiger partial charge in [-0.25, -0.2) is 8.42 Å². The molecule has 0 unspecified atom stereocenters. The van der Waals surface area contributed by atoms with Crippen molar-refractivity contribution in [1.82, 2.24) is 0 Å². The number of ketones is 1. The number of hydrogen-bond donors (Lipinski definition) is 3. The molecule has 0 saturated carbocycles. The third-order valence-electron chi connectivity index (χ3n) is 7.48. The third kappa shape index (κ3) is 7.91. The Labute approximate surface area is 309 Å². The number of aryl methyl sites for hydroxylation is 1. The fourth-order valence-corrected chi connectivity index (χ4v) is 5.75. The molecule has 6 aromatic rings. The molecule has 6 rings (SSSR count). The van der Waals surface area contributed by atoms with E-state index in [0.29, 0.717) is 33.3 Å². The van der Waals surface area contributed by atoms with Crippen molar-refractivity contribution in [3.05, 3.63) is 144 Å². The van der Waals surface area contributed by atoms with E-state index in [0.717, 1.165) is 0 Å². The van der Waals surface area contributed by atoms with Crippen LogP contribution in [0.4, 0.5) is 17.1 Å². The van der Waals surface area contributed by atoms with Crippen LogP contribution in [0.3, 0.4) is 0 Å². The molecule has 0 atom stereocenters. The average molecular weight is 696 g/mol. The Kier molecular flexibility index (Phi) is 10.8. The zero-order valence-corrected chi connectivity index (χ0v) is 29.5. The van der Waals surface area contributed by atoms with Gasteiger partial charge in [-0.15, -0.1) is 10.2 Å². The average Bonchev–Trinajstić information content (AvgIpc) is 3.08. The molecule has 0 radical (unpaired) electrons. The summed E-state index contributed by atoms with van der Waals surface area (Å²) >= 11 is 0. The van der Waals surface area contributed by atoms with Gasteiger partial charge in [0.25, 0.3) is 5.91 Å². The summed E-state index contributed by atoms with van der Waals surface area (Å²) in [4.78, 5) is 25.5. The maximum absolute atomic E-state index is 13.4. The van der Waals surface area contributed by atoms with Crippen LogP contribution in [0.25, 0.3) is 10.8 Å². The number of phenolic OH excluding ortho intramolecular Hbond substituents is 2. The fourth-order valence-electron chi connectivity index (χ4n) is 5.05. The molecule has 0 saturated heterocycles. The largest absolute Gasteiger partial charge is 1.00 e. The van der Waals surface area contributed by atoms with Gasteiger partial charge in [-0.05, 0) is 72.5 Å². The molecule has 6 aromatic carbocycles. The molecule has 0 bridgehead atoms. The van der Waals surface area contributed by atoms with E-state index >= 15 is 0 Å². The first-order chi connectivity index (χ1) is 23.5. The van der Waals surface area contributed by atoms with Crippen molar-refractivity contribution in [3.8, 4) is 23.0 Å². The van der Waals surface area contributed by atoms with E-state index in [4.69, 9.17) is 4.74 Å². The monoisotopic (exact) mass is 695 g/mol. The number of ether oxygens (including phenoxy) is 1. The summed E-state index contributed by atoms with van der Waals surface area (Å²) in [6, 6.07) is 31.6. The maximum Gasteiger partial charge on any atom is 1.00 e. The van der Waals surface area contributed by atoms with Crippen LogP contribution in [0, 0.1) is 6.92 Å².